The Labute approximate surface area is 416 Å². The molecule has 16 heteroatoms. The molecule has 8 rings (SSSR count). The summed E-state index contributed by atoms with van der Waals surface area (Å²) in [5.41, 5.74) is 3.46. The summed E-state index contributed by atoms with van der Waals surface area (Å²) in [5, 5.41) is 5.72. The number of methoxy groups -OCH3 is 1. The zero-order chi connectivity index (χ0) is 51.0. The molecule has 6 bridgehead atoms. The Morgan fingerprint density at radius 3 is 2.55 bits per heavy atom. The van der Waals surface area contributed by atoms with Gasteiger partial charge in [0.15, 0.2) is 11.5 Å². The number of nitrogens with zero attached hydrogens (tertiary/aromatic N) is 7. The van der Waals surface area contributed by atoms with E-state index in [1.165, 1.54) is 25.6 Å². The van der Waals surface area contributed by atoms with Gasteiger partial charge in [-0.3, -0.25) is 29.1 Å². The quantitative estimate of drug-likeness (QED) is 0.0985. The van der Waals surface area contributed by atoms with Crippen LogP contribution in [0.1, 0.15) is 104 Å². The molecule has 1 spiro atoms. The first-order chi connectivity index (χ1) is 33.9. The normalized spacial score (nSPS) is 23.5. The Morgan fingerprint density at radius 2 is 1.85 bits per heavy atom. The van der Waals surface area contributed by atoms with Crippen LogP contribution in [0.5, 0.6) is 0 Å². The second-order valence-electron chi connectivity index (χ2n) is 20.6. The predicted molar refractivity (Wildman–Crippen MR) is 269 cm³/mol. The summed E-state index contributed by atoms with van der Waals surface area (Å²) in [7, 11) is 1.68. The summed E-state index contributed by atoms with van der Waals surface area (Å²) in [6.07, 6.45) is 5.02. The first-order valence-electron chi connectivity index (χ1n) is 25.0. The van der Waals surface area contributed by atoms with Crippen LogP contribution in [0.3, 0.4) is 0 Å². The van der Waals surface area contributed by atoms with E-state index in [0.717, 1.165) is 39.0 Å². The molecule has 4 aliphatic heterocycles. The fourth-order valence-corrected chi connectivity index (χ4v) is 11.2. The second-order valence-corrected chi connectivity index (χ2v) is 20.6. The minimum atomic E-state index is -1.63. The van der Waals surface area contributed by atoms with Crippen LogP contribution in [-0.2, 0) is 57.6 Å². The number of ether oxygens (including phenoxy) is 3. The largest absolute Gasteiger partial charge is 0.460 e. The SMILES string of the molecule is C=C=[N+]1[C@H]2CCCN1C(=O)[C@@](CCC)(NC(=O)[C@H](C(C)C)N1CO[C@@]3(CCN(C(=O)C=C)C3)C1=O)Cc1cccc(n1)-c1ccc3c(c1)c(c(-c1cccnc1[C@H](C)OC)n3CC)CC(C)(C)COC2=O. The lowest BCUT2D eigenvalue weighted by molar-refractivity contribution is -0.695. The molecule has 0 unspecified atom stereocenters. The zero-order valence-corrected chi connectivity index (χ0v) is 42.6. The molecular formula is C55H69N8O8+. The van der Waals surface area contributed by atoms with Crippen LogP contribution >= 0.6 is 0 Å². The van der Waals surface area contributed by atoms with E-state index >= 15 is 9.59 Å². The molecule has 0 aliphatic carbocycles. The Balaban J connectivity index is 1.27. The molecule has 3 aromatic heterocycles. The van der Waals surface area contributed by atoms with Gasteiger partial charge in [-0.1, -0.05) is 59.8 Å². The Morgan fingerprint density at radius 1 is 1.06 bits per heavy atom. The fraction of sp³-hybridized carbons (Fsp3) is 0.509. The van der Waals surface area contributed by atoms with Crippen LogP contribution in [0.25, 0.3) is 33.4 Å². The van der Waals surface area contributed by atoms with E-state index in [2.05, 4.69) is 73.9 Å². The van der Waals surface area contributed by atoms with Crippen LogP contribution in [-0.4, -0.2) is 133 Å². The van der Waals surface area contributed by atoms with Gasteiger partial charge in [-0.15, -0.1) is 5.01 Å². The van der Waals surface area contributed by atoms with E-state index in [1.54, 1.807) is 13.3 Å². The highest BCUT2D eigenvalue weighted by Gasteiger charge is 2.57. The van der Waals surface area contributed by atoms with E-state index in [-0.39, 0.29) is 63.6 Å². The number of rotatable bonds is 11. The van der Waals surface area contributed by atoms with Crippen LogP contribution in [0.2, 0.25) is 0 Å². The van der Waals surface area contributed by atoms with Crippen molar-refractivity contribution in [1.82, 2.24) is 34.7 Å². The van der Waals surface area contributed by atoms with E-state index in [1.807, 2.05) is 52.0 Å². The molecule has 4 aromatic rings. The molecule has 0 saturated carbocycles. The minimum absolute atomic E-state index is 0.0206. The fourth-order valence-electron chi connectivity index (χ4n) is 11.2. The second kappa shape index (κ2) is 20.3. The number of aryl methyl sites for hydroxylation is 1. The maximum Gasteiger partial charge on any atom is 0.379 e. The van der Waals surface area contributed by atoms with Crippen molar-refractivity contribution in [2.45, 2.75) is 129 Å². The Hall–Kier alpha value is -6.48. The number of carbonyl (C=O) groups excluding carboxylic acids is 5. The smallest absolute Gasteiger partial charge is 0.379 e. The lowest BCUT2D eigenvalue weighted by atomic mass is 9.84. The lowest BCUT2D eigenvalue weighted by Crippen LogP contribution is -2.67. The number of pyridine rings is 2. The van der Waals surface area contributed by atoms with Crippen LogP contribution in [0, 0.1) is 11.3 Å². The number of esters is 1. The topological polar surface area (TPSA) is 169 Å². The van der Waals surface area contributed by atoms with Gasteiger partial charge in [-0.2, -0.15) is 0 Å². The molecule has 4 aliphatic rings. The molecule has 7 heterocycles. The number of cyclic esters (lactones) is 1. The molecule has 1 aromatic carbocycles. The molecule has 0 radical (unpaired) electrons. The highest BCUT2D eigenvalue weighted by Crippen LogP contribution is 2.42. The Kier molecular flexibility index (Phi) is 14.6. The van der Waals surface area contributed by atoms with E-state index in [0.29, 0.717) is 50.2 Å². The summed E-state index contributed by atoms with van der Waals surface area (Å²) < 4.78 is 22.1. The molecule has 1 N–H and O–H groups in total. The summed E-state index contributed by atoms with van der Waals surface area (Å²) in [6.45, 7) is 22.6. The van der Waals surface area contributed by atoms with E-state index in [4.69, 9.17) is 24.2 Å². The van der Waals surface area contributed by atoms with Gasteiger partial charge in [-0.05, 0) is 91.8 Å². The highest BCUT2D eigenvalue weighted by molar-refractivity contribution is 5.98. The average molecular weight is 970 g/mol. The number of hydrogen-bond donors (Lipinski definition) is 1. The van der Waals surface area contributed by atoms with Gasteiger partial charge in [0.05, 0.1) is 42.9 Å². The van der Waals surface area contributed by atoms with Gasteiger partial charge in [0.1, 0.15) is 18.3 Å². The van der Waals surface area contributed by atoms with Crippen LogP contribution in [0.4, 0.5) is 0 Å². The molecule has 16 nitrogen and oxygen atoms in total. The standard InChI is InChI=1S/C55H68N8O8/c1-11-24-54(58-49(65)47(35(5)6)61-34-71-55(52(61)68)25-28-59(32-55)45(64)12-2)30-38-18-15-20-42(57-38)37-22-23-43-40(29-37)41(48(60(43)13-3)39-19-16-26-56-46(39)36(7)69-10)31-53(8,9)33-70-50(66)44-21-17-27-63(51(54)67)62(44)14-4/h12,15-16,18-20,22-23,26,29,35-36,44,47H,2,4,11,13,17,21,24-25,27-28,30-34H2,1,3,5-10H3/p+1/t36-,44-,47-,54-,55+/m0/s1. The number of benzene rings is 1. The number of nitrogens with one attached hydrogen (secondary N) is 1. The number of likely N-dealkylation sites (tertiary alicyclic amines) is 1. The van der Waals surface area contributed by atoms with Crippen molar-refractivity contribution >= 4 is 46.4 Å². The van der Waals surface area contributed by atoms with Gasteiger partial charge in [0.25, 0.3) is 11.9 Å². The number of hydrazone groups is 1. The van der Waals surface area contributed by atoms with Crippen molar-refractivity contribution < 1.29 is 42.9 Å². The number of amides is 4. The Bertz CT molecular complexity index is 2810. The maximum absolute atomic E-state index is 15.7. The zero-order valence-electron chi connectivity index (χ0n) is 42.6. The molecule has 3 fully saturated rings. The average Bonchev–Trinajstić information content (AvgIpc) is 4.04. The first kappa shape index (κ1) is 50.9. The third-order valence-electron chi connectivity index (χ3n) is 14.8. The molecule has 71 heavy (non-hydrogen) atoms. The number of aromatic nitrogens is 3. The maximum atomic E-state index is 15.7. The van der Waals surface area contributed by atoms with Crippen LogP contribution < -0.4 is 5.32 Å². The number of carbonyl (C=O) groups is 5. The summed E-state index contributed by atoms with van der Waals surface area (Å²) in [6, 6.07) is 14.1. The molecular weight excluding hydrogens is 901 g/mol. The van der Waals surface area contributed by atoms with Gasteiger partial charge < -0.3 is 33.9 Å². The van der Waals surface area contributed by atoms with Gasteiger partial charge in [-0.25, -0.2) is 4.79 Å². The third kappa shape index (κ3) is 9.45. The molecule has 4 amide bonds. The van der Waals surface area contributed by atoms with Gasteiger partial charge in [0.2, 0.25) is 11.8 Å². The first-order valence-corrected chi connectivity index (χ1v) is 25.0. The molecule has 376 valence electrons. The van der Waals surface area contributed by atoms with Crippen molar-refractivity contribution in [3.8, 4) is 22.5 Å². The molecule has 3 saturated heterocycles. The van der Waals surface area contributed by atoms with Gasteiger partial charge in [0, 0.05) is 85.4 Å². The number of hydrazine groups is 1. The molecule has 5 atom stereocenters. The summed E-state index contributed by atoms with van der Waals surface area (Å²) in [5.74, 6) is 0.263. The lowest BCUT2D eigenvalue weighted by Gasteiger charge is -2.39. The third-order valence-corrected chi connectivity index (χ3v) is 14.8. The van der Waals surface area contributed by atoms with Crippen molar-refractivity contribution in [2.75, 3.05) is 40.1 Å². The van der Waals surface area contributed by atoms with Crippen molar-refractivity contribution in [3.63, 3.8) is 0 Å². The predicted octanol–water partition coefficient (Wildman–Crippen LogP) is 6.59. The summed E-state index contributed by atoms with van der Waals surface area (Å²) >= 11 is 0. The monoisotopic (exact) mass is 970 g/mol. The number of fused-ring (bicyclic) bond motifs is 6. The van der Waals surface area contributed by atoms with Crippen molar-refractivity contribution in [1.29, 1.82) is 0 Å². The summed E-state index contributed by atoms with van der Waals surface area (Å²) in [4.78, 5) is 85.4. The minimum Gasteiger partial charge on any atom is -0.460 e. The van der Waals surface area contributed by atoms with Crippen molar-refractivity contribution in [3.05, 3.63) is 90.9 Å². The van der Waals surface area contributed by atoms with Crippen LogP contribution in [0.15, 0.2) is 74.0 Å². The van der Waals surface area contributed by atoms with Gasteiger partial charge >= 0.3 is 11.9 Å². The van der Waals surface area contributed by atoms with Crippen molar-refractivity contribution in [2.24, 2.45) is 11.3 Å². The van der Waals surface area contributed by atoms with E-state index in [9.17, 15) is 14.4 Å². The van der Waals surface area contributed by atoms with E-state index < -0.39 is 52.3 Å². The highest BCUT2D eigenvalue weighted by atomic mass is 16.5. The number of hydrogen-bond acceptors (Lipinski definition) is 10.